The second kappa shape index (κ2) is 5.62. The minimum absolute atomic E-state index is 0.146. The predicted octanol–water partition coefficient (Wildman–Crippen LogP) is 1.97. The third-order valence-corrected chi connectivity index (χ3v) is 2.59. The molecule has 4 nitrogen and oxygen atoms in total. The molecule has 98 valence electrons. The molecule has 0 aromatic heterocycles. The zero-order valence-electron chi connectivity index (χ0n) is 10.5. The average molecular weight is 253 g/mol. The number of nitrogens with one attached hydrogen (secondary N) is 1. The first-order valence-electron chi connectivity index (χ1n) is 5.62. The van der Waals surface area contributed by atoms with E-state index in [1.54, 1.807) is 26.8 Å². The summed E-state index contributed by atoms with van der Waals surface area (Å²) in [5.41, 5.74) is 0.551. The summed E-state index contributed by atoms with van der Waals surface area (Å²) < 4.78 is 13.5. The van der Waals surface area contributed by atoms with E-state index in [1.165, 1.54) is 12.1 Å². The molecule has 0 radical (unpaired) electrons. The Morgan fingerprint density at radius 3 is 2.39 bits per heavy atom. The van der Waals surface area contributed by atoms with Gasteiger partial charge in [-0.15, -0.1) is 0 Å². The highest BCUT2D eigenvalue weighted by molar-refractivity contribution is 5.96. The number of hydrogen-bond donors (Lipinski definition) is 2. The minimum atomic E-state index is -1.13. The molecule has 0 aliphatic carbocycles. The first kappa shape index (κ1) is 14.2. The Morgan fingerprint density at radius 1 is 1.33 bits per heavy atom. The standard InChI is InChI=1S/C13H16FNO3/c1-7(2)11(13(17)18)15-12(16)9-5-4-8(3)6-10(9)14/h4-7,11H,1-3H3,(H,15,16)(H,17,18). The van der Waals surface area contributed by atoms with Crippen LogP contribution in [0.5, 0.6) is 0 Å². The fourth-order valence-corrected chi connectivity index (χ4v) is 1.54. The Labute approximate surface area is 105 Å². The number of halogens is 1. The van der Waals surface area contributed by atoms with Crippen LogP contribution in [0.25, 0.3) is 0 Å². The van der Waals surface area contributed by atoms with Crippen LogP contribution >= 0.6 is 0 Å². The van der Waals surface area contributed by atoms with Gasteiger partial charge in [-0.25, -0.2) is 9.18 Å². The molecule has 1 unspecified atom stereocenters. The van der Waals surface area contributed by atoms with Crippen molar-refractivity contribution in [2.75, 3.05) is 0 Å². The topological polar surface area (TPSA) is 66.4 Å². The van der Waals surface area contributed by atoms with Gasteiger partial charge in [-0.2, -0.15) is 0 Å². The van der Waals surface area contributed by atoms with Gasteiger partial charge in [0, 0.05) is 0 Å². The number of aliphatic carboxylic acids is 1. The number of carboxylic acids is 1. The zero-order chi connectivity index (χ0) is 13.9. The number of aryl methyl sites for hydroxylation is 1. The van der Waals surface area contributed by atoms with Crippen molar-refractivity contribution < 1.29 is 19.1 Å². The van der Waals surface area contributed by atoms with Crippen LogP contribution < -0.4 is 5.32 Å². The zero-order valence-corrected chi connectivity index (χ0v) is 10.5. The summed E-state index contributed by atoms with van der Waals surface area (Å²) in [7, 11) is 0. The lowest BCUT2D eigenvalue weighted by atomic mass is 10.0. The third kappa shape index (κ3) is 3.29. The number of carbonyl (C=O) groups is 2. The minimum Gasteiger partial charge on any atom is -0.480 e. The van der Waals surface area contributed by atoms with Crippen LogP contribution in [0.2, 0.25) is 0 Å². The highest BCUT2D eigenvalue weighted by atomic mass is 19.1. The lowest BCUT2D eigenvalue weighted by Crippen LogP contribution is -2.44. The number of amides is 1. The highest BCUT2D eigenvalue weighted by Crippen LogP contribution is 2.11. The van der Waals surface area contributed by atoms with Crippen molar-refractivity contribution in [2.45, 2.75) is 26.8 Å². The number of rotatable bonds is 4. The molecule has 0 spiro atoms. The van der Waals surface area contributed by atoms with E-state index in [9.17, 15) is 14.0 Å². The third-order valence-electron chi connectivity index (χ3n) is 2.59. The van der Waals surface area contributed by atoms with Crippen LogP contribution in [0.1, 0.15) is 29.8 Å². The van der Waals surface area contributed by atoms with Gasteiger partial charge in [0.1, 0.15) is 11.9 Å². The Morgan fingerprint density at radius 2 is 1.94 bits per heavy atom. The van der Waals surface area contributed by atoms with Gasteiger partial charge in [0.15, 0.2) is 0 Å². The average Bonchev–Trinajstić information content (AvgIpc) is 2.24. The number of carbonyl (C=O) groups excluding carboxylic acids is 1. The predicted molar refractivity (Wildman–Crippen MR) is 64.9 cm³/mol. The van der Waals surface area contributed by atoms with Gasteiger partial charge in [0.25, 0.3) is 5.91 Å². The lowest BCUT2D eigenvalue weighted by molar-refractivity contribution is -0.140. The van der Waals surface area contributed by atoms with Gasteiger partial charge < -0.3 is 10.4 Å². The Kier molecular flexibility index (Phi) is 4.42. The van der Waals surface area contributed by atoms with Crippen LogP contribution in [-0.4, -0.2) is 23.0 Å². The first-order valence-corrected chi connectivity index (χ1v) is 5.62. The monoisotopic (exact) mass is 253 g/mol. The van der Waals surface area contributed by atoms with Crippen LogP contribution in [0.15, 0.2) is 18.2 Å². The molecule has 1 atom stereocenters. The van der Waals surface area contributed by atoms with Crippen molar-refractivity contribution in [3.05, 3.63) is 35.1 Å². The van der Waals surface area contributed by atoms with E-state index >= 15 is 0 Å². The molecular weight excluding hydrogens is 237 g/mol. The van der Waals surface area contributed by atoms with Crippen molar-refractivity contribution in [2.24, 2.45) is 5.92 Å². The maximum absolute atomic E-state index is 13.5. The number of hydrogen-bond acceptors (Lipinski definition) is 2. The number of benzene rings is 1. The van der Waals surface area contributed by atoms with Gasteiger partial charge in [0.2, 0.25) is 0 Å². The van der Waals surface area contributed by atoms with Crippen molar-refractivity contribution in [3.8, 4) is 0 Å². The van der Waals surface area contributed by atoms with E-state index in [-0.39, 0.29) is 11.5 Å². The Bertz CT molecular complexity index is 471. The summed E-state index contributed by atoms with van der Waals surface area (Å²) in [5, 5.41) is 11.3. The molecule has 0 aliphatic heterocycles. The molecule has 0 fully saturated rings. The molecule has 1 aromatic rings. The summed E-state index contributed by atoms with van der Waals surface area (Å²) in [6.45, 7) is 5.05. The lowest BCUT2D eigenvalue weighted by Gasteiger charge is -2.18. The van der Waals surface area contributed by atoms with Crippen molar-refractivity contribution >= 4 is 11.9 Å². The molecular formula is C13H16FNO3. The molecule has 0 saturated carbocycles. The molecule has 2 N–H and O–H groups in total. The summed E-state index contributed by atoms with van der Waals surface area (Å²) in [6.07, 6.45) is 0. The maximum atomic E-state index is 13.5. The van der Waals surface area contributed by atoms with E-state index in [1.807, 2.05) is 0 Å². The van der Waals surface area contributed by atoms with E-state index < -0.39 is 23.7 Å². The maximum Gasteiger partial charge on any atom is 0.326 e. The van der Waals surface area contributed by atoms with Crippen molar-refractivity contribution in [3.63, 3.8) is 0 Å². The van der Waals surface area contributed by atoms with E-state index in [2.05, 4.69) is 5.32 Å². The first-order chi connectivity index (χ1) is 8.32. The smallest absolute Gasteiger partial charge is 0.326 e. The summed E-state index contributed by atoms with van der Waals surface area (Å²) in [6, 6.07) is 3.15. The SMILES string of the molecule is Cc1ccc(C(=O)NC(C(=O)O)C(C)C)c(F)c1. The molecule has 5 heteroatoms. The summed E-state index contributed by atoms with van der Waals surface area (Å²) in [4.78, 5) is 22.7. The molecule has 1 aromatic carbocycles. The highest BCUT2D eigenvalue weighted by Gasteiger charge is 2.24. The molecule has 0 aliphatic rings. The largest absolute Gasteiger partial charge is 0.480 e. The van der Waals surface area contributed by atoms with Crippen LogP contribution in [-0.2, 0) is 4.79 Å². The normalized spacial score (nSPS) is 12.3. The molecule has 0 heterocycles. The van der Waals surface area contributed by atoms with Crippen LogP contribution in [0.4, 0.5) is 4.39 Å². The number of carboxylic acid groups (broad SMARTS) is 1. The summed E-state index contributed by atoms with van der Waals surface area (Å²) in [5.74, 6) is -2.78. The fourth-order valence-electron chi connectivity index (χ4n) is 1.54. The summed E-state index contributed by atoms with van der Waals surface area (Å²) >= 11 is 0. The quantitative estimate of drug-likeness (QED) is 0.862. The second-order valence-electron chi connectivity index (χ2n) is 4.52. The molecule has 0 saturated heterocycles. The van der Waals surface area contributed by atoms with Gasteiger partial charge in [0.05, 0.1) is 5.56 Å². The second-order valence-corrected chi connectivity index (χ2v) is 4.52. The van der Waals surface area contributed by atoms with Crippen molar-refractivity contribution in [1.29, 1.82) is 0 Å². The van der Waals surface area contributed by atoms with E-state index in [0.717, 1.165) is 0 Å². The van der Waals surface area contributed by atoms with Crippen LogP contribution in [0.3, 0.4) is 0 Å². The van der Waals surface area contributed by atoms with Gasteiger partial charge in [-0.3, -0.25) is 4.79 Å². The molecule has 18 heavy (non-hydrogen) atoms. The van der Waals surface area contributed by atoms with Crippen LogP contribution in [0, 0.1) is 18.7 Å². The van der Waals surface area contributed by atoms with Crippen molar-refractivity contribution in [1.82, 2.24) is 5.32 Å². The van der Waals surface area contributed by atoms with E-state index in [4.69, 9.17) is 5.11 Å². The van der Waals surface area contributed by atoms with Gasteiger partial charge in [-0.05, 0) is 30.5 Å². The van der Waals surface area contributed by atoms with E-state index in [0.29, 0.717) is 5.56 Å². The fraction of sp³-hybridized carbons (Fsp3) is 0.385. The molecule has 1 rings (SSSR count). The molecule has 1 amide bonds. The Hall–Kier alpha value is -1.91. The molecule has 0 bridgehead atoms. The van der Waals surface area contributed by atoms with Gasteiger partial charge in [-0.1, -0.05) is 19.9 Å². The Balaban J connectivity index is 2.91. The van der Waals surface area contributed by atoms with Gasteiger partial charge >= 0.3 is 5.97 Å².